The Morgan fingerprint density at radius 2 is 1.97 bits per heavy atom. The van der Waals surface area contributed by atoms with Gasteiger partial charge in [0.15, 0.2) is 0 Å². The predicted molar refractivity (Wildman–Crippen MR) is 120 cm³/mol. The highest BCUT2D eigenvalue weighted by atomic mass is 19.1. The number of H-pyrrole nitrogens is 1. The summed E-state index contributed by atoms with van der Waals surface area (Å²) in [4.78, 5) is 42.9. The summed E-state index contributed by atoms with van der Waals surface area (Å²) in [6.45, 7) is 3.05. The van der Waals surface area contributed by atoms with Crippen molar-refractivity contribution in [1.29, 1.82) is 0 Å². The molecule has 4 rings (SSSR count). The molecule has 0 radical (unpaired) electrons. The minimum Gasteiger partial charge on any atom is -0.358 e. The van der Waals surface area contributed by atoms with Crippen LogP contribution in [0.25, 0.3) is 10.9 Å². The summed E-state index contributed by atoms with van der Waals surface area (Å²) in [6, 6.07) is 12.6. The molecule has 2 heterocycles. The van der Waals surface area contributed by atoms with E-state index in [2.05, 4.69) is 15.6 Å². The lowest BCUT2D eigenvalue weighted by Gasteiger charge is -2.32. The van der Waals surface area contributed by atoms with Gasteiger partial charge in [-0.3, -0.25) is 9.59 Å². The zero-order valence-corrected chi connectivity index (χ0v) is 17.8. The van der Waals surface area contributed by atoms with Crippen LogP contribution in [0.1, 0.15) is 28.9 Å². The summed E-state index contributed by atoms with van der Waals surface area (Å²) in [5.41, 5.74) is 2.28. The normalized spacial score (nSPS) is 16.1. The summed E-state index contributed by atoms with van der Waals surface area (Å²) in [6.07, 6.45) is 1.59. The number of piperidine rings is 1. The number of fused-ring (bicyclic) bond motifs is 1. The second-order valence-electron chi connectivity index (χ2n) is 8.10. The molecule has 0 saturated carbocycles. The van der Waals surface area contributed by atoms with E-state index in [4.69, 9.17) is 0 Å². The second kappa shape index (κ2) is 9.21. The highest BCUT2D eigenvalue weighted by Crippen LogP contribution is 2.24. The number of Topliss-reactive ketones (excluding diaryl/α,β-unsaturated/α-hetero) is 1. The van der Waals surface area contributed by atoms with Gasteiger partial charge in [0.05, 0.1) is 5.56 Å². The molecule has 8 heteroatoms. The molecule has 166 valence electrons. The maximum absolute atomic E-state index is 13.3. The highest BCUT2D eigenvalue weighted by Gasteiger charge is 2.30. The van der Waals surface area contributed by atoms with Gasteiger partial charge in [0.2, 0.25) is 0 Å². The van der Waals surface area contributed by atoms with Crippen LogP contribution in [0, 0.1) is 18.7 Å². The molecular weight excluding hydrogens is 411 g/mol. The zero-order valence-electron chi connectivity index (χ0n) is 17.8. The molecule has 2 aromatic carbocycles. The van der Waals surface area contributed by atoms with Crippen molar-refractivity contribution < 1.29 is 18.8 Å². The number of ketones is 1. The number of aromatic amines is 1. The number of nitrogens with zero attached hydrogens (tertiary/aromatic N) is 1. The molecule has 3 aromatic rings. The third kappa shape index (κ3) is 4.64. The largest absolute Gasteiger partial charge is 0.358 e. The predicted octanol–water partition coefficient (Wildman–Crippen LogP) is 3.86. The number of urea groups is 1. The molecule has 0 bridgehead atoms. The van der Waals surface area contributed by atoms with Gasteiger partial charge in [0, 0.05) is 41.9 Å². The van der Waals surface area contributed by atoms with E-state index in [1.165, 1.54) is 18.2 Å². The number of para-hydroxylation sites is 1. The number of halogens is 1. The number of aryl methyl sites for hydroxylation is 1. The van der Waals surface area contributed by atoms with E-state index in [0.29, 0.717) is 36.6 Å². The second-order valence-corrected chi connectivity index (χ2v) is 8.10. The first-order valence-electron chi connectivity index (χ1n) is 10.6. The molecule has 1 unspecified atom stereocenters. The summed E-state index contributed by atoms with van der Waals surface area (Å²) in [5.74, 6) is -1.44. The summed E-state index contributed by atoms with van der Waals surface area (Å²) in [5, 5.41) is 6.10. The van der Waals surface area contributed by atoms with Crippen LogP contribution in [-0.4, -0.2) is 47.2 Å². The zero-order chi connectivity index (χ0) is 22.7. The molecule has 1 atom stereocenters. The van der Waals surface area contributed by atoms with E-state index in [1.807, 2.05) is 24.3 Å². The molecule has 3 amide bonds. The molecule has 1 aromatic heterocycles. The van der Waals surface area contributed by atoms with Crippen LogP contribution in [0.2, 0.25) is 0 Å². The van der Waals surface area contributed by atoms with E-state index in [-0.39, 0.29) is 5.92 Å². The molecule has 32 heavy (non-hydrogen) atoms. The summed E-state index contributed by atoms with van der Waals surface area (Å²) < 4.78 is 13.3. The van der Waals surface area contributed by atoms with Crippen molar-refractivity contribution in [2.75, 3.05) is 25.0 Å². The lowest BCUT2D eigenvalue weighted by molar-refractivity contribution is -0.128. The Balaban J connectivity index is 1.36. The van der Waals surface area contributed by atoms with Gasteiger partial charge in [-0.25, -0.2) is 9.18 Å². The minimum atomic E-state index is -0.522. The van der Waals surface area contributed by atoms with Crippen LogP contribution in [0.3, 0.4) is 0 Å². The van der Waals surface area contributed by atoms with Crippen molar-refractivity contribution in [2.24, 2.45) is 5.92 Å². The van der Waals surface area contributed by atoms with Crippen LogP contribution in [0.5, 0.6) is 0 Å². The number of aromatic nitrogens is 1. The third-order valence-electron chi connectivity index (χ3n) is 5.75. The van der Waals surface area contributed by atoms with Gasteiger partial charge in [0.25, 0.3) is 11.7 Å². The number of anilines is 1. The number of nitrogens with one attached hydrogen (secondary N) is 3. The maximum Gasteiger partial charge on any atom is 0.319 e. The van der Waals surface area contributed by atoms with Crippen LogP contribution in [0.15, 0.2) is 48.5 Å². The number of benzene rings is 2. The van der Waals surface area contributed by atoms with Crippen LogP contribution in [0.4, 0.5) is 14.9 Å². The Morgan fingerprint density at radius 1 is 1.16 bits per heavy atom. The van der Waals surface area contributed by atoms with Crippen LogP contribution in [-0.2, 0) is 4.79 Å². The Kier molecular flexibility index (Phi) is 6.20. The van der Waals surface area contributed by atoms with Gasteiger partial charge in [0.1, 0.15) is 5.82 Å². The summed E-state index contributed by atoms with van der Waals surface area (Å²) >= 11 is 0. The number of rotatable bonds is 5. The SMILES string of the molecule is Cc1[nH]c2ccccc2c1C(=O)C(=O)N1CCCC(CNC(=O)Nc2cccc(F)c2)C1. The molecule has 0 aliphatic carbocycles. The molecule has 3 N–H and O–H groups in total. The van der Waals surface area contributed by atoms with Gasteiger partial charge in [-0.05, 0) is 49.9 Å². The lowest BCUT2D eigenvalue weighted by atomic mass is 9.97. The first kappa shape index (κ1) is 21.5. The monoisotopic (exact) mass is 436 g/mol. The Hall–Kier alpha value is -3.68. The lowest BCUT2D eigenvalue weighted by Crippen LogP contribution is -2.46. The number of hydrogen-bond acceptors (Lipinski definition) is 3. The van der Waals surface area contributed by atoms with Gasteiger partial charge < -0.3 is 20.5 Å². The first-order chi connectivity index (χ1) is 15.4. The van der Waals surface area contributed by atoms with Crippen molar-refractivity contribution in [2.45, 2.75) is 19.8 Å². The van der Waals surface area contributed by atoms with E-state index in [9.17, 15) is 18.8 Å². The average molecular weight is 436 g/mol. The van der Waals surface area contributed by atoms with Crippen molar-refractivity contribution in [1.82, 2.24) is 15.2 Å². The minimum absolute atomic E-state index is 0.0304. The number of amides is 3. The number of carbonyl (C=O) groups is 3. The summed E-state index contributed by atoms with van der Waals surface area (Å²) in [7, 11) is 0. The fourth-order valence-electron chi connectivity index (χ4n) is 4.21. The van der Waals surface area contributed by atoms with Crippen molar-refractivity contribution in [3.05, 3.63) is 65.6 Å². The van der Waals surface area contributed by atoms with Crippen LogP contribution >= 0.6 is 0 Å². The molecule has 7 nitrogen and oxygen atoms in total. The number of likely N-dealkylation sites (tertiary alicyclic amines) is 1. The van der Waals surface area contributed by atoms with Crippen molar-refractivity contribution >= 4 is 34.3 Å². The first-order valence-corrected chi connectivity index (χ1v) is 10.6. The standard InChI is InChI=1S/C24H25FN4O3/c1-15-21(19-9-2-3-10-20(19)27-15)22(30)23(31)29-11-5-6-16(14-29)13-26-24(32)28-18-8-4-7-17(25)12-18/h2-4,7-10,12,16,27H,5-6,11,13-14H2,1H3,(H2,26,28,32). The highest BCUT2D eigenvalue weighted by molar-refractivity contribution is 6.45. The smallest absolute Gasteiger partial charge is 0.319 e. The third-order valence-corrected chi connectivity index (χ3v) is 5.75. The molecule has 1 fully saturated rings. The van der Waals surface area contributed by atoms with Gasteiger partial charge in [-0.15, -0.1) is 0 Å². The molecule has 1 aliphatic rings. The van der Waals surface area contributed by atoms with Gasteiger partial charge >= 0.3 is 6.03 Å². The van der Waals surface area contributed by atoms with Crippen molar-refractivity contribution in [3.63, 3.8) is 0 Å². The maximum atomic E-state index is 13.3. The molecule has 1 saturated heterocycles. The Labute approximate surface area is 185 Å². The quantitative estimate of drug-likeness (QED) is 0.419. The molecule has 1 aliphatic heterocycles. The van der Waals surface area contributed by atoms with E-state index in [0.717, 1.165) is 23.7 Å². The van der Waals surface area contributed by atoms with E-state index >= 15 is 0 Å². The van der Waals surface area contributed by atoms with Gasteiger partial charge in [-0.2, -0.15) is 0 Å². The molecule has 0 spiro atoms. The van der Waals surface area contributed by atoms with Gasteiger partial charge in [-0.1, -0.05) is 24.3 Å². The molecular formula is C24H25FN4O3. The number of hydrogen-bond donors (Lipinski definition) is 3. The van der Waals surface area contributed by atoms with Crippen LogP contribution < -0.4 is 10.6 Å². The fourth-order valence-corrected chi connectivity index (χ4v) is 4.21. The fraction of sp³-hybridized carbons (Fsp3) is 0.292. The topological polar surface area (TPSA) is 94.3 Å². The Morgan fingerprint density at radius 3 is 2.78 bits per heavy atom. The Bertz CT molecular complexity index is 1170. The van der Waals surface area contributed by atoms with E-state index < -0.39 is 23.5 Å². The average Bonchev–Trinajstić information content (AvgIpc) is 3.12. The van der Waals surface area contributed by atoms with Crippen molar-refractivity contribution in [3.8, 4) is 0 Å². The number of carbonyl (C=O) groups excluding carboxylic acids is 3. The van der Waals surface area contributed by atoms with E-state index in [1.54, 1.807) is 17.9 Å².